The number of ether oxygens (including phenoxy) is 1. The molecular weight excluding hydrogens is 469 g/mol. The van der Waals surface area contributed by atoms with Gasteiger partial charge in [-0.05, 0) is 79.0 Å². The Kier molecular flexibility index (Phi) is 6.81. The lowest BCUT2D eigenvalue weighted by Crippen LogP contribution is -2.50. The number of allylic oxidation sites excluding steroid dienone is 1. The third-order valence-electron chi connectivity index (χ3n) is 7.91. The first kappa shape index (κ1) is 24.8. The van der Waals surface area contributed by atoms with Crippen molar-refractivity contribution in [3.63, 3.8) is 0 Å². The summed E-state index contributed by atoms with van der Waals surface area (Å²) in [6, 6.07) is 7.54. The summed E-state index contributed by atoms with van der Waals surface area (Å²) in [6.07, 6.45) is 1.84. The number of pyridine rings is 1. The highest BCUT2D eigenvalue weighted by atomic mass is 19.4. The van der Waals surface area contributed by atoms with Crippen LogP contribution in [0.1, 0.15) is 72.9 Å². The number of hydrogen-bond acceptors (Lipinski definition) is 4. The Balaban J connectivity index is 1.26. The molecule has 3 aliphatic rings. The minimum atomic E-state index is -4.40. The molecule has 2 aliphatic carbocycles. The van der Waals surface area contributed by atoms with Crippen molar-refractivity contribution in [2.45, 2.75) is 64.1 Å². The predicted octanol–water partition coefficient (Wildman–Crippen LogP) is 6.07. The number of hydrogen-bond donors (Lipinski definition) is 1. The van der Waals surface area contributed by atoms with Gasteiger partial charge in [0.05, 0.1) is 17.2 Å². The Labute approximate surface area is 209 Å². The number of nitrogens with zero attached hydrogens (tertiary/aromatic N) is 2. The number of aliphatic carboxylic acids is 1. The molecule has 0 bridgehead atoms. The van der Waals surface area contributed by atoms with Gasteiger partial charge in [0.15, 0.2) is 0 Å². The van der Waals surface area contributed by atoms with E-state index in [1.54, 1.807) is 6.07 Å². The van der Waals surface area contributed by atoms with Crippen molar-refractivity contribution in [3.05, 3.63) is 64.0 Å². The highest BCUT2D eigenvalue weighted by Gasteiger charge is 2.37. The zero-order valence-electron chi connectivity index (χ0n) is 20.4. The molecule has 2 fully saturated rings. The minimum absolute atomic E-state index is 0.0673. The number of carbonyl (C=O) groups is 1. The number of alkyl halides is 3. The van der Waals surface area contributed by atoms with Gasteiger partial charge in [-0.25, -0.2) is 0 Å². The summed E-state index contributed by atoms with van der Waals surface area (Å²) in [5.74, 6) is -0.363. The van der Waals surface area contributed by atoms with E-state index >= 15 is 0 Å². The predicted molar refractivity (Wildman–Crippen MR) is 130 cm³/mol. The molecule has 0 spiro atoms. The molecule has 0 atom stereocenters. The third kappa shape index (κ3) is 5.14. The fourth-order valence-electron chi connectivity index (χ4n) is 5.78. The van der Waals surface area contributed by atoms with Gasteiger partial charge in [-0.15, -0.1) is 0 Å². The lowest BCUT2D eigenvalue weighted by atomic mass is 9.85. The smallest absolute Gasteiger partial charge is 0.418 e. The number of fused-ring (bicyclic) bond motifs is 1. The molecule has 1 saturated heterocycles. The van der Waals surface area contributed by atoms with Crippen LogP contribution in [0.15, 0.2) is 36.0 Å². The van der Waals surface area contributed by atoms with E-state index in [-0.39, 0.29) is 18.4 Å². The number of aryl methyl sites for hydroxylation is 1. The highest BCUT2D eigenvalue weighted by Crippen LogP contribution is 2.41. The Morgan fingerprint density at radius 3 is 2.61 bits per heavy atom. The van der Waals surface area contributed by atoms with Crippen molar-refractivity contribution in [1.29, 1.82) is 0 Å². The van der Waals surface area contributed by atoms with E-state index in [0.717, 1.165) is 51.3 Å². The van der Waals surface area contributed by atoms with Crippen LogP contribution < -0.4 is 4.74 Å². The second kappa shape index (κ2) is 9.88. The maximum atomic E-state index is 13.5. The molecule has 1 aliphatic heterocycles. The molecule has 0 amide bonds. The van der Waals surface area contributed by atoms with Crippen LogP contribution in [0, 0.1) is 5.92 Å². The van der Waals surface area contributed by atoms with Gasteiger partial charge in [0.1, 0.15) is 12.4 Å². The van der Waals surface area contributed by atoms with Crippen LogP contribution in [0.5, 0.6) is 5.75 Å². The fraction of sp³-hybridized carbons (Fsp3) is 0.500. The van der Waals surface area contributed by atoms with Crippen LogP contribution in [-0.2, 0) is 24.0 Å². The summed E-state index contributed by atoms with van der Waals surface area (Å²) in [5, 5.41) is 9.09. The zero-order valence-corrected chi connectivity index (χ0v) is 20.4. The first-order chi connectivity index (χ1) is 17.2. The molecule has 0 radical (unpaired) electrons. The van der Waals surface area contributed by atoms with Crippen LogP contribution in [0.25, 0.3) is 5.57 Å². The number of rotatable bonds is 7. The second-order valence-corrected chi connectivity index (χ2v) is 10.3. The minimum Gasteiger partial charge on any atom is -0.487 e. The summed E-state index contributed by atoms with van der Waals surface area (Å²) in [6.45, 7) is 4.24. The topological polar surface area (TPSA) is 62.7 Å². The van der Waals surface area contributed by atoms with Gasteiger partial charge in [-0.1, -0.05) is 24.5 Å². The molecule has 8 heteroatoms. The lowest BCUT2D eigenvalue weighted by Gasteiger charge is -2.38. The lowest BCUT2D eigenvalue weighted by molar-refractivity contribution is -0.147. The van der Waals surface area contributed by atoms with Gasteiger partial charge in [0, 0.05) is 25.8 Å². The molecule has 1 aromatic heterocycles. The maximum absolute atomic E-state index is 13.5. The van der Waals surface area contributed by atoms with Crippen LogP contribution in [-0.4, -0.2) is 40.6 Å². The SMILES string of the molecule is CC1=C(CN2CC(C(=O)O)C2)CCc2cc(OCc3cc(C4CCCC4)c(C(F)(F)F)cn3)ccc21. The highest BCUT2D eigenvalue weighted by molar-refractivity contribution is 5.73. The summed E-state index contributed by atoms with van der Waals surface area (Å²) in [4.78, 5) is 17.3. The molecule has 192 valence electrons. The average Bonchev–Trinajstić information content (AvgIpc) is 3.35. The van der Waals surface area contributed by atoms with E-state index in [1.165, 1.54) is 22.3 Å². The van der Waals surface area contributed by atoms with Gasteiger partial charge in [0.2, 0.25) is 0 Å². The van der Waals surface area contributed by atoms with E-state index < -0.39 is 17.7 Å². The van der Waals surface area contributed by atoms with Crippen LogP contribution in [0.3, 0.4) is 0 Å². The Morgan fingerprint density at radius 2 is 1.92 bits per heavy atom. The van der Waals surface area contributed by atoms with Crippen molar-refractivity contribution in [1.82, 2.24) is 9.88 Å². The van der Waals surface area contributed by atoms with Gasteiger partial charge in [-0.2, -0.15) is 13.2 Å². The summed E-state index contributed by atoms with van der Waals surface area (Å²) in [5.41, 5.74) is 5.17. The monoisotopic (exact) mass is 500 g/mol. The largest absolute Gasteiger partial charge is 0.487 e. The van der Waals surface area contributed by atoms with E-state index in [1.807, 2.05) is 18.2 Å². The number of halogens is 3. The van der Waals surface area contributed by atoms with E-state index in [0.29, 0.717) is 30.1 Å². The molecule has 0 unspecified atom stereocenters. The molecule has 5 nitrogen and oxygen atoms in total. The molecule has 2 heterocycles. The average molecular weight is 501 g/mol. The van der Waals surface area contributed by atoms with E-state index in [2.05, 4.69) is 16.8 Å². The number of likely N-dealkylation sites (tertiary alicyclic amines) is 1. The second-order valence-electron chi connectivity index (χ2n) is 10.3. The molecule has 5 rings (SSSR count). The van der Waals surface area contributed by atoms with Crippen molar-refractivity contribution < 1.29 is 27.8 Å². The molecule has 1 saturated carbocycles. The Morgan fingerprint density at radius 1 is 1.17 bits per heavy atom. The Bertz CT molecular complexity index is 1180. The number of benzene rings is 1. The molecule has 1 N–H and O–H groups in total. The number of carboxylic acid groups (broad SMARTS) is 1. The van der Waals surface area contributed by atoms with Gasteiger partial charge >= 0.3 is 12.1 Å². The fourth-order valence-corrected chi connectivity index (χ4v) is 5.78. The van der Waals surface area contributed by atoms with Crippen molar-refractivity contribution in [3.8, 4) is 5.75 Å². The molecule has 36 heavy (non-hydrogen) atoms. The van der Waals surface area contributed by atoms with E-state index in [9.17, 15) is 18.0 Å². The number of carboxylic acids is 1. The molecule has 2 aromatic rings. The third-order valence-corrected chi connectivity index (χ3v) is 7.91. The van der Waals surface area contributed by atoms with Gasteiger partial charge < -0.3 is 9.84 Å². The first-order valence-corrected chi connectivity index (χ1v) is 12.6. The maximum Gasteiger partial charge on any atom is 0.418 e. The van der Waals surface area contributed by atoms with Crippen molar-refractivity contribution in [2.24, 2.45) is 5.92 Å². The van der Waals surface area contributed by atoms with E-state index in [4.69, 9.17) is 9.84 Å². The molecular formula is C28H31F3N2O3. The molecule has 1 aromatic carbocycles. The zero-order chi connectivity index (χ0) is 25.4. The summed E-state index contributed by atoms with van der Waals surface area (Å²) < 4.78 is 46.6. The van der Waals surface area contributed by atoms with Crippen LogP contribution >= 0.6 is 0 Å². The summed E-state index contributed by atoms with van der Waals surface area (Å²) >= 11 is 0. The normalized spacial score (nSPS) is 19.3. The van der Waals surface area contributed by atoms with Gasteiger partial charge in [0.25, 0.3) is 0 Å². The van der Waals surface area contributed by atoms with Crippen LogP contribution in [0.4, 0.5) is 13.2 Å². The quantitative estimate of drug-likeness (QED) is 0.500. The van der Waals surface area contributed by atoms with Crippen molar-refractivity contribution in [2.75, 3.05) is 19.6 Å². The van der Waals surface area contributed by atoms with Crippen LogP contribution in [0.2, 0.25) is 0 Å². The standard InChI is InChI=1S/C28H31F3N2O3/c1-17-20(13-33-14-21(15-33)27(34)35)7-6-19-10-23(8-9-24(17)19)36-16-22-11-25(18-4-2-3-5-18)26(12-32-22)28(29,30)31/h8-12,18,21H,2-7,13-16H2,1H3,(H,34,35). The number of aromatic nitrogens is 1. The first-order valence-electron chi connectivity index (χ1n) is 12.6. The Hall–Kier alpha value is -2.87. The summed E-state index contributed by atoms with van der Waals surface area (Å²) in [7, 11) is 0. The van der Waals surface area contributed by atoms with Gasteiger partial charge in [-0.3, -0.25) is 14.7 Å². The van der Waals surface area contributed by atoms with Crippen molar-refractivity contribution >= 4 is 11.5 Å².